The summed E-state index contributed by atoms with van der Waals surface area (Å²) >= 11 is 0. The molecular weight excluding hydrogens is 334 g/mol. The van der Waals surface area contributed by atoms with E-state index in [1.807, 2.05) is 6.92 Å². The summed E-state index contributed by atoms with van der Waals surface area (Å²) in [6.45, 7) is 4.68. The number of hydrogen-bond acceptors (Lipinski definition) is 5. The summed E-state index contributed by atoms with van der Waals surface area (Å²) in [5.41, 5.74) is 0.592. The van der Waals surface area contributed by atoms with Gasteiger partial charge in [0.1, 0.15) is 12.4 Å². The third-order valence-electron chi connectivity index (χ3n) is 4.38. The van der Waals surface area contributed by atoms with E-state index < -0.39 is 12.1 Å². The average Bonchev–Trinajstić information content (AvgIpc) is 2.66. The first kappa shape index (κ1) is 20.2. The summed E-state index contributed by atoms with van der Waals surface area (Å²) in [5.74, 6) is 0.0177. The number of ether oxygens (including phenoxy) is 3. The van der Waals surface area contributed by atoms with E-state index in [0.29, 0.717) is 24.5 Å². The zero-order valence-electron chi connectivity index (χ0n) is 15.7. The van der Waals surface area contributed by atoms with E-state index in [-0.39, 0.29) is 18.6 Å². The molecule has 0 aromatic heterocycles. The lowest BCUT2D eigenvalue weighted by atomic mass is 9.95. The molecule has 0 unspecified atom stereocenters. The Morgan fingerprint density at radius 2 is 1.81 bits per heavy atom. The van der Waals surface area contributed by atoms with Crippen LogP contribution in [0.25, 0.3) is 0 Å². The molecule has 6 heteroatoms. The maximum absolute atomic E-state index is 12.3. The summed E-state index contributed by atoms with van der Waals surface area (Å²) in [5, 5.41) is 3.08. The van der Waals surface area contributed by atoms with Crippen LogP contribution in [0.3, 0.4) is 0 Å². The van der Waals surface area contributed by atoms with Crippen molar-refractivity contribution in [2.45, 2.75) is 58.1 Å². The second-order valence-electron chi connectivity index (χ2n) is 6.46. The van der Waals surface area contributed by atoms with Gasteiger partial charge in [0.05, 0.1) is 6.61 Å². The van der Waals surface area contributed by atoms with Gasteiger partial charge in [0.2, 0.25) is 0 Å². The molecule has 1 aliphatic carbocycles. The Labute approximate surface area is 155 Å². The number of esters is 1. The van der Waals surface area contributed by atoms with Gasteiger partial charge in [-0.2, -0.15) is 0 Å². The first-order chi connectivity index (χ1) is 12.6. The third kappa shape index (κ3) is 6.67. The molecule has 1 aliphatic rings. The fourth-order valence-electron chi connectivity index (χ4n) is 2.92. The molecule has 1 N–H and O–H groups in total. The molecule has 144 valence electrons. The average molecular weight is 363 g/mol. The van der Waals surface area contributed by atoms with Gasteiger partial charge in [-0.05, 0) is 51.0 Å². The number of carbonyl (C=O) groups excluding carboxylic acids is 2. The lowest BCUT2D eigenvalue weighted by Crippen LogP contribution is -2.36. The Morgan fingerprint density at radius 3 is 2.46 bits per heavy atom. The number of rotatable bonds is 9. The van der Waals surface area contributed by atoms with Crippen LogP contribution in [0.5, 0.6) is 5.75 Å². The normalized spacial score (nSPS) is 15.9. The fourth-order valence-corrected chi connectivity index (χ4v) is 2.92. The molecule has 0 saturated heterocycles. The molecule has 1 fully saturated rings. The van der Waals surface area contributed by atoms with Crippen LogP contribution < -0.4 is 10.1 Å². The highest BCUT2D eigenvalue weighted by Crippen LogP contribution is 2.19. The Hall–Kier alpha value is -2.08. The largest absolute Gasteiger partial charge is 0.479 e. The standard InChI is InChI=1S/C20H29NO5/c1-3-24-13-14-25-20(23)15(2)26-18-11-9-16(10-12-18)19(22)21-17-7-5-4-6-8-17/h9-12,15,17H,3-8,13-14H2,1-2H3,(H,21,22)/t15-/m0/s1. The van der Waals surface area contributed by atoms with Gasteiger partial charge in [-0.3, -0.25) is 4.79 Å². The van der Waals surface area contributed by atoms with E-state index in [9.17, 15) is 9.59 Å². The monoisotopic (exact) mass is 363 g/mol. The second-order valence-corrected chi connectivity index (χ2v) is 6.46. The van der Waals surface area contributed by atoms with E-state index in [1.54, 1.807) is 31.2 Å². The number of hydrogen-bond donors (Lipinski definition) is 1. The minimum Gasteiger partial charge on any atom is -0.479 e. The topological polar surface area (TPSA) is 73.9 Å². The van der Waals surface area contributed by atoms with E-state index in [2.05, 4.69) is 5.32 Å². The van der Waals surface area contributed by atoms with Crippen molar-refractivity contribution < 1.29 is 23.8 Å². The molecule has 1 amide bonds. The Bertz CT molecular complexity index is 566. The number of amides is 1. The molecule has 0 bridgehead atoms. The van der Waals surface area contributed by atoms with E-state index in [1.165, 1.54) is 19.3 Å². The molecule has 1 atom stereocenters. The minimum absolute atomic E-state index is 0.0631. The summed E-state index contributed by atoms with van der Waals surface area (Å²) in [6.07, 6.45) is 4.99. The van der Waals surface area contributed by atoms with Crippen LogP contribution in [-0.2, 0) is 14.3 Å². The van der Waals surface area contributed by atoms with Crippen LogP contribution in [-0.4, -0.2) is 43.8 Å². The van der Waals surface area contributed by atoms with Crippen LogP contribution in [0.1, 0.15) is 56.3 Å². The van der Waals surface area contributed by atoms with Gasteiger partial charge in [-0.25, -0.2) is 4.79 Å². The number of nitrogens with one attached hydrogen (secondary N) is 1. The van der Waals surface area contributed by atoms with Crippen molar-refractivity contribution >= 4 is 11.9 Å². The molecule has 0 spiro atoms. The number of benzene rings is 1. The number of carbonyl (C=O) groups is 2. The molecule has 1 aromatic carbocycles. The van der Waals surface area contributed by atoms with Gasteiger partial charge in [0.15, 0.2) is 6.10 Å². The highest BCUT2D eigenvalue weighted by atomic mass is 16.6. The van der Waals surface area contributed by atoms with Crippen LogP contribution >= 0.6 is 0 Å². The van der Waals surface area contributed by atoms with Crippen LogP contribution in [0, 0.1) is 0 Å². The van der Waals surface area contributed by atoms with Crippen LogP contribution in [0.4, 0.5) is 0 Å². The van der Waals surface area contributed by atoms with Crippen molar-refractivity contribution in [3.05, 3.63) is 29.8 Å². The molecule has 1 saturated carbocycles. The summed E-state index contributed by atoms with van der Waals surface area (Å²) in [6, 6.07) is 7.08. The first-order valence-electron chi connectivity index (χ1n) is 9.42. The fraction of sp³-hybridized carbons (Fsp3) is 0.600. The van der Waals surface area contributed by atoms with Gasteiger partial charge in [0, 0.05) is 18.2 Å². The third-order valence-corrected chi connectivity index (χ3v) is 4.38. The van der Waals surface area contributed by atoms with Crippen molar-refractivity contribution in [2.24, 2.45) is 0 Å². The minimum atomic E-state index is -0.724. The maximum Gasteiger partial charge on any atom is 0.347 e. The van der Waals surface area contributed by atoms with E-state index in [0.717, 1.165) is 12.8 Å². The zero-order chi connectivity index (χ0) is 18.8. The van der Waals surface area contributed by atoms with E-state index >= 15 is 0 Å². The van der Waals surface area contributed by atoms with Crippen molar-refractivity contribution in [3.63, 3.8) is 0 Å². The maximum atomic E-state index is 12.3. The Balaban J connectivity index is 1.78. The highest BCUT2D eigenvalue weighted by Gasteiger charge is 2.18. The molecule has 1 aromatic rings. The molecule has 0 radical (unpaired) electrons. The van der Waals surface area contributed by atoms with E-state index in [4.69, 9.17) is 14.2 Å². The zero-order valence-corrected chi connectivity index (χ0v) is 15.7. The van der Waals surface area contributed by atoms with Gasteiger partial charge >= 0.3 is 5.97 Å². The Kier molecular flexibility index (Phi) is 8.41. The summed E-state index contributed by atoms with van der Waals surface area (Å²) in [4.78, 5) is 24.1. The molecule has 26 heavy (non-hydrogen) atoms. The summed E-state index contributed by atoms with van der Waals surface area (Å²) < 4.78 is 15.8. The van der Waals surface area contributed by atoms with Crippen LogP contribution in [0.2, 0.25) is 0 Å². The second kappa shape index (κ2) is 10.8. The van der Waals surface area contributed by atoms with Crippen molar-refractivity contribution in [3.8, 4) is 5.75 Å². The van der Waals surface area contributed by atoms with Crippen molar-refractivity contribution in [1.82, 2.24) is 5.32 Å². The van der Waals surface area contributed by atoms with Gasteiger partial charge < -0.3 is 19.5 Å². The molecule has 0 heterocycles. The molecule has 6 nitrogen and oxygen atoms in total. The first-order valence-corrected chi connectivity index (χ1v) is 9.42. The predicted molar refractivity (Wildman–Crippen MR) is 98.3 cm³/mol. The Morgan fingerprint density at radius 1 is 1.12 bits per heavy atom. The lowest BCUT2D eigenvalue weighted by Gasteiger charge is -2.22. The molecular formula is C20H29NO5. The van der Waals surface area contributed by atoms with Gasteiger partial charge in [0.25, 0.3) is 5.91 Å². The molecule has 0 aliphatic heterocycles. The van der Waals surface area contributed by atoms with Gasteiger partial charge in [-0.1, -0.05) is 19.3 Å². The summed E-state index contributed by atoms with van der Waals surface area (Å²) in [7, 11) is 0. The molecule has 2 rings (SSSR count). The lowest BCUT2D eigenvalue weighted by molar-refractivity contribution is -0.152. The SMILES string of the molecule is CCOCCOC(=O)[C@H](C)Oc1ccc(C(=O)NC2CCCCC2)cc1. The quantitative estimate of drug-likeness (QED) is 0.539. The van der Waals surface area contributed by atoms with Crippen molar-refractivity contribution in [2.75, 3.05) is 19.8 Å². The van der Waals surface area contributed by atoms with Crippen LogP contribution in [0.15, 0.2) is 24.3 Å². The van der Waals surface area contributed by atoms with Gasteiger partial charge in [-0.15, -0.1) is 0 Å². The smallest absolute Gasteiger partial charge is 0.347 e. The highest BCUT2D eigenvalue weighted by molar-refractivity contribution is 5.94. The van der Waals surface area contributed by atoms with Crippen molar-refractivity contribution in [1.29, 1.82) is 0 Å². The predicted octanol–water partition coefficient (Wildman–Crippen LogP) is 3.10.